The molecule has 1 aromatic carbocycles. The molecule has 24 heavy (non-hydrogen) atoms. The maximum Gasteiger partial charge on any atom is 0.350 e. The Kier molecular flexibility index (Phi) is 6.57. The molecule has 0 aliphatic heterocycles. The third kappa shape index (κ3) is 4.69. The number of esters is 1. The first-order valence-corrected chi connectivity index (χ1v) is 8.60. The molecule has 0 atom stereocenters. The van der Waals surface area contributed by atoms with Gasteiger partial charge in [0.05, 0.1) is 11.6 Å². The maximum absolute atomic E-state index is 12.1. The highest BCUT2D eigenvalue weighted by atomic mass is 35.5. The molecule has 6 nitrogen and oxygen atoms in total. The summed E-state index contributed by atoms with van der Waals surface area (Å²) in [6, 6.07) is 7.34. The first kappa shape index (κ1) is 18.2. The molecule has 0 radical (unpaired) electrons. The van der Waals surface area contributed by atoms with Crippen LogP contribution in [0.1, 0.15) is 23.0 Å². The van der Waals surface area contributed by atoms with Crippen molar-refractivity contribution in [2.24, 2.45) is 0 Å². The second-order valence-electron chi connectivity index (χ2n) is 4.94. The summed E-state index contributed by atoms with van der Waals surface area (Å²) < 4.78 is 5.82. The van der Waals surface area contributed by atoms with Crippen LogP contribution in [0.3, 0.4) is 0 Å². The number of carbonyl (C=O) groups excluding carboxylic acids is 3. The molecule has 2 rings (SSSR count). The van der Waals surface area contributed by atoms with Gasteiger partial charge in [0.2, 0.25) is 5.91 Å². The van der Waals surface area contributed by atoms with Gasteiger partial charge in [-0.25, -0.2) is 4.79 Å². The molecule has 2 aromatic rings. The fraction of sp³-hybridized carbons (Fsp3) is 0.312. The topological polar surface area (TPSA) is 84.5 Å². The third-order valence-electron chi connectivity index (χ3n) is 3.07. The van der Waals surface area contributed by atoms with E-state index in [4.69, 9.17) is 16.3 Å². The molecule has 0 saturated carbocycles. The van der Waals surface area contributed by atoms with Gasteiger partial charge in [0.1, 0.15) is 4.88 Å². The summed E-state index contributed by atoms with van der Waals surface area (Å²) >= 11 is 7.38. The van der Waals surface area contributed by atoms with Gasteiger partial charge in [-0.15, -0.1) is 11.3 Å². The number of carbonyl (C=O) groups is 3. The average Bonchev–Trinajstić information content (AvgIpc) is 2.93. The standard InChI is InChI=1S/C16H17ClN2O4S/c1-2-7-18-12(20)8-19-13(21)9-23-16(22)15-14(17)10-5-3-4-6-11(10)24-15/h3-6H,2,7-9H2,1H3,(H,18,20)(H,19,21). The Labute approximate surface area is 148 Å². The highest BCUT2D eigenvalue weighted by Gasteiger charge is 2.19. The van der Waals surface area contributed by atoms with Gasteiger partial charge in [-0.1, -0.05) is 36.7 Å². The quantitative estimate of drug-likeness (QED) is 0.735. The number of amides is 2. The zero-order valence-corrected chi connectivity index (χ0v) is 14.6. The number of hydrogen-bond acceptors (Lipinski definition) is 5. The second-order valence-corrected chi connectivity index (χ2v) is 6.37. The van der Waals surface area contributed by atoms with Crippen LogP contribution in [-0.4, -0.2) is 37.5 Å². The lowest BCUT2D eigenvalue weighted by atomic mass is 10.2. The lowest BCUT2D eigenvalue weighted by Gasteiger charge is -2.06. The Morgan fingerprint density at radius 3 is 2.62 bits per heavy atom. The van der Waals surface area contributed by atoms with Crippen molar-refractivity contribution >= 4 is 50.8 Å². The van der Waals surface area contributed by atoms with Gasteiger partial charge in [0, 0.05) is 16.6 Å². The van der Waals surface area contributed by atoms with E-state index in [0.717, 1.165) is 16.5 Å². The van der Waals surface area contributed by atoms with Crippen LogP contribution in [-0.2, 0) is 14.3 Å². The predicted molar refractivity (Wildman–Crippen MR) is 93.4 cm³/mol. The Hall–Kier alpha value is -2.12. The summed E-state index contributed by atoms with van der Waals surface area (Å²) in [5.74, 6) is -1.50. The van der Waals surface area contributed by atoms with Crippen LogP contribution < -0.4 is 10.6 Å². The Morgan fingerprint density at radius 2 is 1.92 bits per heavy atom. The first-order chi connectivity index (χ1) is 11.5. The summed E-state index contributed by atoms with van der Waals surface area (Å²) in [7, 11) is 0. The molecule has 0 saturated heterocycles. The van der Waals surface area contributed by atoms with Crippen LogP contribution >= 0.6 is 22.9 Å². The number of nitrogens with one attached hydrogen (secondary N) is 2. The molecule has 0 spiro atoms. The van der Waals surface area contributed by atoms with Crippen molar-refractivity contribution in [3.8, 4) is 0 Å². The Bertz CT molecular complexity index is 760. The number of thiophene rings is 1. The van der Waals surface area contributed by atoms with Crippen LogP contribution in [0.4, 0.5) is 0 Å². The molecule has 2 amide bonds. The molecule has 0 unspecified atom stereocenters. The number of fused-ring (bicyclic) bond motifs is 1. The van der Waals surface area contributed by atoms with E-state index in [1.165, 1.54) is 11.3 Å². The first-order valence-electron chi connectivity index (χ1n) is 7.40. The highest BCUT2D eigenvalue weighted by molar-refractivity contribution is 7.21. The number of benzene rings is 1. The molecule has 1 heterocycles. The fourth-order valence-corrected chi connectivity index (χ4v) is 3.30. The minimum Gasteiger partial charge on any atom is -0.451 e. The lowest BCUT2D eigenvalue weighted by Crippen LogP contribution is -2.38. The molecular formula is C16H17ClN2O4S. The average molecular weight is 369 g/mol. The van der Waals surface area contributed by atoms with E-state index in [-0.39, 0.29) is 17.3 Å². The number of ether oxygens (including phenoxy) is 1. The molecule has 128 valence electrons. The van der Waals surface area contributed by atoms with Crippen molar-refractivity contribution < 1.29 is 19.1 Å². The highest BCUT2D eigenvalue weighted by Crippen LogP contribution is 2.35. The van der Waals surface area contributed by atoms with Gasteiger partial charge in [-0.2, -0.15) is 0 Å². The smallest absolute Gasteiger partial charge is 0.350 e. The molecule has 1 aromatic heterocycles. The molecular weight excluding hydrogens is 352 g/mol. The molecule has 8 heteroatoms. The van der Waals surface area contributed by atoms with Crippen LogP contribution in [0.25, 0.3) is 10.1 Å². The molecule has 0 bridgehead atoms. The van der Waals surface area contributed by atoms with E-state index < -0.39 is 18.5 Å². The Morgan fingerprint density at radius 1 is 1.17 bits per heavy atom. The van der Waals surface area contributed by atoms with Crippen LogP contribution in [0, 0.1) is 0 Å². The van der Waals surface area contributed by atoms with Gasteiger partial charge >= 0.3 is 5.97 Å². The van der Waals surface area contributed by atoms with Crippen molar-refractivity contribution in [1.82, 2.24) is 10.6 Å². The third-order valence-corrected chi connectivity index (χ3v) is 4.73. The lowest BCUT2D eigenvalue weighted by molar-refractivity contribution is -0.127. The molecule has 0 aliphatic carbocycles. The summed E-state index contributed by atoms with van der Waals surface area (Å²) in [4.78, 5) is 35.3. The largest absolute Gasteiger partial charge is 0.451 e. The fourth-order valence-electron chi connectivity index (χ4n) is 1.90. The minimum absolute atomic E-state index is 0.153. The molecule has 0 aliphatic rings. The van der Waals surface area contributed by atoms with Crippen LogP contribution in [0.5, 0.6) is 0 Å². The number of hydrogen-bond donors (Lipinski definition) is 2. The maximum atomic E-state index is 12.1. The van der Waals surface area contributed by atoms with E-state index in [1.807, 2.05) is 31.2 Å². The zero-order chi connectivity index (χ0) is 17.5. The summed E-state index contributed by atoms with van der Waals surface area (Å²) in [6.45, 7) is 1.86. The van der Waals surface area contributed by atoms with Gasteiger partial charge in [-0.3, -0.25) is 9.59 Å². The van der Waals surface area contributed by atoms with Crippen molar-refractivity contribution in [1.29, 1.82) is 0 Å². The Balaban J connectivity index is 1.85. The van der Waals surface area contributed by atoms with Gasteiger partial charge < -0.3 is 15.4 Å². The normalized spacial score (nSPS) is 10.4. The van der Waals surface area contributed by atoms with E-state index >= 15 is 0 Å². The van der Waals surface area contributed by atoms with E-state index in [0.29, 0.717) is 11.6 Å². The van der Waals surface area contributed by atoms with Crippen LogP contribution in [0.2, 0.25) is 5.02 Å². The second kappa shape index (κ2) is 8.65. The van der Waals surface area contributed by atoms with Crippen LogP contribution in [0.15, 0.2) is 24.3 Å². The summed E-state index contributed by atoms with van der Waals surface area (Å²) in [5.41, 5.74) is 0. The molecule has 0 fully saturated rings. The van der Waals surface area contributed by atoms with E-state index in [1.54, 1.807) is 0 Å². The summed E-state index contributed by atoms with van der Waals surface area (Å²) in [5, 5.41) is 6.10. The van der Waals surface area contributed by atoms with Crippen molar-refractivity contribution in [3.63, 3.8) is 0 Å². The zero-order valence-electron chi connectivity index (χ0n) is 13.1. The van der Waals surface area contributed by atoms with Crippen molar-refractivity contribution in [2.45, 2.75) is 13.3 Å². The van der Waals surface area contributed by atoms with E-state index in [2.05, 4.69) is 10.6 Å². The van der Waals surface area contributed by atoms with Crippen molar-refractivity contribution in [3.05, 3.63) is 34.2 Å². The minimum atomic E-state index is -0.660. The number of rotatable bonds is 7. The number of halogens is 1. The van der Waals surface area contributed by atoms with Gasteiger partial charge in [-0.05, 0) is 12.5 Å². The van der Waals surface area contributed by atoms with Gasteiger partial charge in [0.25, 0.3) is 5.91 Å². The summed E-state index contributed by atoms with van der Waals surface area (Å²) in [6.07, 6.45) is 0.813. The van der Waals surface area contributed by atoms with E-state index in [9.17, 15) is 14.4 Å². The predicted octanol–water partition coefficient (Wildman–Crippen LogP) is 2.35. The molecule has 2 N–H and O–H groups in total. The monoisotopic (exact) mass is 368 g/mol. The van der Waals surface area contributed by atoms with Crippen molar-refractivity contribution in [2.75, 3.05) is 19.7 Å². The van der Waals surface area contributed by atoms with Gasteiger partial charge in [0.15, 0.2) is 6.61 Å². The SMILES string of the molecule is CCCNC(=O)CNC(=O)COC(=O)c1sc2ccccc2c1Cl.